The van der Waals surface area contributed by atoms with Crippen LogP contribution in [0.25, 0.3) is 0 Å². The number of nitrogens with one attached hydrogen (secondary N) is 2. The van der Waals surface area contributed by atoms with Gasteiger partial charge in [0, 0.05) is 11.7 Å². The molecule has 0 aliphatic heterocycles. The van der Waals surface area contributed by atoms with E-state index in [0.29, 0.717) is 18.5 Å². The molecule has 0 spiro atoms. The highest BCUT2D eigenvalue weighted by molar-refractivity contribution is 5.93. The van der Waals surface area contributed by atoms with Gasteiger partial charge >= 0.3 is 0 Å². The van der Waals surface area contributed by atoms with Crippen molar-refractivity contribution in [3.63, 3.8) is 0 Å². The van der Waals surface area contributed by atoms with Gasteiger partial charge in [-0.2, -0.15) is 0 Å². The molecule has 94 valence electrons. The quantitative estimate of drug-likeness (QED) is 0.822. The fraction of sp³-hybridized carbons (Fsp3) is 0.500. The number of anilines is 1. The van der Waals surface area contributed by atoms with Crippen molar-refractivity contribution in [1.82, 2.24) is 5.32 Å². The monoisotopic (exact) mass is 234 g/mol. The molecule has 0 heterocycles. The number of amides is 1. The maximum absolute atomic E-state index is 11.7. The Balaban J connectivity index is 2.65. The van der Waals surface area contributed by atoms with Crippen LogP contribution in [-0.4, -0.2) is 18.5 Å². The third-order valence-corrected chi connectivity index (χ3v) is 2.53. The maximum Gasteiger partial charge on any atom is 0.238 e. The molecule has 0 unspecified atom stereocenters. The highest BCUT2D eigenvalue weighted by atomic mass is 16.1. The van der Waals surface area contributed by atoms with Gasteiger partial charge in [-0.05, 0) is 17.5 Å². The van der Waals surface area contributed by atoms with Crippen molar-refractivity contribution < 1.29 is 4.79 Å². The summed E-state index contributed by atoms with van der Waals surface area (Å²) in [6.07, 6.45) is 0. The van der Waals surface area contributed by atoms with E-state index in [2.05, 4.69) is 30.5 Å². The van der Waals surface area contributed by atoms with E-state index in [1.807, 2.05) is 32.0 Å². The summed E-state index contributed by atoms with van der Waals surface area (Å²) < 4.78 is 0. The van der Waals surface area contributed by atoms with Gasteiger partial charge < -0.3 is 10.6 Å². The van der Waals surface area contributed by atoms with E-state index in [4.69, 9.17) is 0 Å². The van der Waals surface area contributed by atoms with Gasteiger partial charge in [0.2, 0.25) is 5.91 Å². The molecule has 1 aromatic rings. The Morgan fingerprint density at radius 1 is 1.18 bits per heavy atom. The van der Waals surface area contributed by atoms with Gasteiger partial charge in [-0.1, -0.05) is 45.9 Å². The molecule has 17 heavy (non-hydrogen) atoms. The molecule has 1 amide bonds. The van der Waals surface area contributed by atoms with Crippen molar-refractivity contribution in [2.45, 2.75) is 39.7 Å². The summed E-state index contributed by atoms with van der Waals surface area (Å²) in [6.45, 7) is 8.64. The van der Waals surface area contributed by atoms with Crippen molar-refractivity contribution in [3.8, 4) is 0 Å². The summed E-state index contributed by atoms with van der Waals surface area (Å²) in [5.74, 6) is 0.413. The second-order valence-corrected chi connectivity index (χ2v) is 4.83. The van der Waals surface area contributed by atoms with Gasteiger partial charge in [-0.15, -0.1) is 0 Å². The fourth-order valence-corrected chi connectivity index (χ4v) is 1.61. The summed E-state index contributed by atoms with van der Waals surface area (Å²) >= 11 is 0. The molecule has 3 nitrogen and oxygen atoms in total. The van der Waals surface area contributed by atoms with Gasteiger partial charge in [0.15, 0.2) is 0 Å². The lowest BCUT2D eigenvalue weighted by Crippen LogP contribution is -2.32. The first kappa shape index (κ1) is 13.7. The summed E-state index contributed by atoms with van der Waals surface area (Å²) in [7, 11) is 0. The van der Waals surface area contributed by atoms with Crippen LogP contribution in [0.1, 0.15) is 39.2 Å². The first-order valence-corrected chi connectivity index (χ1v) is 6.13. The zero-order chi connectivity index (χ0) is 12.8. The molecule has 0 aromatic heterocycles. The first-order chi connectivity index (χ1) is 8.00. The Bertz CT molecular complexity index is 372. The van der Waals surface area contributed by atoms with Crippen molar-refractivity contribution in [3.05, 3.63) is 29.8 Å². The lowest BCUT2D eigenvalue weighted by molar-refractivity contribution is -0.115. The predicted octanol–water partition coefficient (Wildman–Crippen LogP) is 2.75. The fourth-order valence-electron chi connectivity index (χ4n) is 1.61. The highest BCUT2D eigenvalue weighted by Gasteiger charge is 2.08. The van der Waals surface area contributed by atoms with E-state index in [0.717, 1.165) is 5.69 Å². The first-order valence-electron chi connectivity index (χ1n) is 6.13. The molecule has 3 heteroatoms. The lowest BCUT2D eigenvalue weighted by atomic mass is 10.0. The van der Waals surface area contributed by atoms with Crippen LogP contribution in [0.2, 0.25) is 0 Å². The normalized spacial score (nSPS) is 10.9. The Morgan fingerprint density at radius 3 is 2.41 bits per heavy atom. The SMILES string of the molecule is CC(C)NCC(=O)Nc1ccccc1C(C)C. The smallest absolute Gasteiger partial charge is 0.238 e. The Labute approximate surface area is 104 Å². The van der Waals surface area contributed by atoms with Gasteiger partial charge in [-0.25, -0.2) is 0 Å². The van der Waals surface area contributed by atoms with Crippen LogP contribution in [0.15, 0.2) is 24.3 Å². The van der Waals surface area contributed by atoms with E-state index in [1.54, 1.807) is 0 Å². The van der Waals surface area contributed by atoms with Gasteiger partial charge in [0.05, 0.1) is 6.54 Å². The second kappa shape index (κ2) is 6.40. The van der Waals surface area contributed by atoms with Crippen molar-refractivity contribution in [2.75, 3.05) is 11.9 Å². The van der Waals surface area contributed by atoms with Crippen LogP contribution in [0.5, 0.6) is 0 Å². The number of hydrogen-bond acceptors (Lipinski definition) is 2. The average molecular weight is 234 g/mol. The van der Waals surface area contributed by atoms with Crippen LogP contribution >= 0.6 is 0 Å². The number of carbonyl (C=O) groups excluding carboxylic acids is 1. The van der Waals surface area contributed by atoms with Gasteiger partial charge in [0.1, 0.15) is 0 Å². The van der Waals surface area contributed by atoms with E-state index < -0.39 is 0 Å². The number of benzene rings is 1. The van der Waals surface area contributed by atoms with E-state index in [1.165, 1.54) is 5.56 Å². The third-order valence-electron chi connectivity index (χ3n) is 2.53. The van der Waals surface area contributed by atoms with Gasteiger partial charge in [-0.3, -0.25) is 4.79 Å². The van der Waals surface area contributed by atoms with Crippen molar-refractivity contribution >= 4 is 11.6 Å². The minimum atomic E-state index is 0.00630. The Kier molecular flexibility index (Phi) is 5.16. The largest absolute Gasteiger partial charge is 0.325 e. The maximum atomic E-state index is 11.7. The van der Waals surface area contributed by atoms with E-state index in [-0.39, 0.29) is 5.91 Å². The van der Waals surface area contributed by atoms with Crippen molar-refractivity contribution in [2.24, 2.45) is 0 Å². The van der Waals surface area contributed by atoms with E-state index >= 15 is 0 Å². The van der Waals surface area contributed by atoms with Crippen LogP contribution in [0, 0.1) is 0 Å². The third kappa shape index (κ3) is 4.57. The molecular weight excluding hydrogens is 212 g/mol. The van der Waals surface area contributed by atoms with Crippen LogP contribution in [0.4, 0.5) is 5.69 Å². The second-order valence-electron chi connectivity index (χ2n) is 4.83. The zero-order valence-corrected chi connectivity index (χ0v) is 11.1. The summed E-state index contributed by atoms with van der Waals surface area (Å²) in [5.41, 5.74) is 2.09. The topological polar surface area (TPSA) is 41.1 Å². The lowest BCUT2D eigenvalue weighted by Gasteiger charge is -2.14. The molecule has 0 aliphatic rings. The van der Waals surface area contributed by atoms with Crippen LogP contribution in [-0.2, 0) is 4.79 Å². The number of carbonyl (C=O) groups is 1. The molecule has 1 rings (SSSR count). The Hall–Kier alpha value is -1.35. The molecule has 1 aromatic carbocycles. The molecule has 0 aliphatic carbocycles. The van der Waals surface area contributed by atoms with Crippen LogP contribution < -0.4 is 10.6 Å². The molecule has 0 fully saturated rings. The molecule has 0 radical (unpaired) electrons. The standard InChI is InChI=1S/C14H22N2O/c1-10(2)12-7-5-6-8-13(12)16-14(17)9-15-11(3)4/h5-8,10-11,15H,9H2,1-4H3,(H,16,17). The Morgan fingerprint density at radius 2 is 1.82 bits per heavy atom. The number of para-hydroxylation sites is 1. The average Bonchev–Trinajstić information content (AvgIpc) is 2.27. The molecule has 0 saturated carbocycles. The molecule has 0 bridgehead atoms. The predicted molar refractivity (Wildman–Crippen MR) is 72.3 cm³/mol. The van der Waals surface area contributed by atoms with Crippen LogP contribution in [0.3, 0.4) is 0 Å². The zero-order valence-electron chi connectivity index (χ0n) is 11.1. The summed E-state index contributed by atoms with van der Waals surface area (Å²) in [6, 6.07) is 8.26. The molecule has 0 saturated heterocycles. The highest BCUT2D eigenvalue weighted by Crippen LogP contribution is 2.23. The van der Waals surface area contributed by atoms with E-state index in [9.17, 15) is 4.79 Å². The molecule has 2 N–H and O–H groups in total. The molecular formula is C14H22N2O. The minimum absolute atomic E-state index is 0.00630. The number of hydrogen-bond donors (Lipinski definition) is 2. The summed E-state index contributed by atoms with van der Waals surface area (Å²) in [5, 5.41) is 6.05. The van der Waals surface area contributed by atoms with Crippen molar-refractivity contribution in [1.29, 1.82) is 0 Å². The molecule has 0 atom stereocenters. The van der Waals surface area contributed by atoms with Gasteiger partial charge in [0.25, 0.3) is 0 Å². The number of rotatable bonds is 5. The summed E-state index contributed by atoms with van der Waals surface area (Å²) in [4.78, 5) is 11.7. The minimum Gasteiger partial charge on any atom is -0.325 e.